The van der Waals surface area contributed by atoms with Gasteiger partial charge >= 0.3 is 5.97 Å². The van der Waals surface area contributed by atoms with E-state index in [1.165, 1.54) is 11.3 Å². The van der Waals surface area contributed by atoms with Crippen molar-refractivity contribution in [2.75, 3.05) is 20.8 Å². The molecule has 0 fully saturated rings. The van der Waals surface area contributed by atoms with Crippen LogP contribution >= 0.6 is 11.3 Å². The average Bonchev–Trinajstić information content (AvgIpc) is 3.32. The smallest absolute Gasteiger partial charge is 0.338 e. The van der Waals surface area contributed by atoms with Gasteiger partial charge in [-0.15, -0.1) is 0 Å². The van der Waals surface area contributed by atoms with Gasteiger partial charge in [0.25, 0.3) is 5.56 Å². The summed E-state index contributed by atoms with van der Waals surface area (Å²) in [7, 11) is 3.14. The van der Waals surface area contributed by atoms with Crippen LogP contribution in [-0.2, 0) is 16.1 Å². The van der Waals surface area contributed by atoms with Crippen molar-refractivity contribution in [3.8, 4) is 17.2 Å². The number of rotatable bonds is 10. The number of fused-ring (bicyclic) bond motifs is 1. The zero-order chi connectivity index (χ0) is 29.6. The highest BCUT2D eigenvalue weighted by molar-refractivity contribution is 7.07. The van der Waals surface area contributed by atoms with Crippen molar-refractivity contribution in [1.29, 1.82) is 0 Å². The van der Waals surface area contributed by atoms with Gasteiger partial charge in [-0.1, -0.05) is 66.8 Å². The third-order valence-electron chi connectivity index (χ3n) is 6.83. The summed E-state index contributed by atoms with van der Waals surface area (Å²) in [6.45, 7) is 4.52. The number of thiazole rings is 1. The number of esters is 1. The number of aromatic nitrogens is 1. The third-order valence-corrected chi connectivity index (χ3v) is 7.81. The summed E-state index contributed by atoms with van der Waals surface area (Å²) in [4.78, 5) is 32.8. The first kappa shape index (κ1) is 28.9. The summed E-state index contributed by atoms with van der Waals surface area (Å²) in [5, 5.41) is 0. The van der Waals surface area contributed by atoms with Crippen LogP contribution in [0, 0.1) is 0 Å². The summed E-state index contributed by atoms with van der Waals surface area (Å²) in [5.74, 6) is 1.35. The molecule has 2 heterocycles. The van der Waals surface area contributed by atoms with Gasteiger partial charge in [0.1, 0.15) is 12.4 Å². The average molecular weight is 585 g/mol. The largest absolute Gasteiger partial charge is 0.494 e. The van der Waals surface area contributed by atoms with E-state index in [0.717, 1.165) is 28.9 Å². The molecule has 8 nitrogen and oxygen atoms in total. The topological polar surface area (TPSA) is 88.4 Å². The molecule has 0 amide bonds. The van der Waals surface area contributed by atoms with Crippen LogP contribution in [0.2, 0.25) is 0 Å². The highest BCUT2D eigenvalue weighted by atomic mass is 32.1. The Morgan fingerprint density at radius 3 is 2.43 bits per heavy atom. The van der Waals surface area contributed by atoms with Crippen molar-refractivity contribution in [2.24, 2.45) is 4.99 Å². The number of nitrogens with zero attached hydrogens (tertiary/aromatic N) is 2. The molecule has 0 bridgehead atoms. The predicted octanol–water partition coefficient (Wildman–Crippen LogP) is 4.78. The number of benzene rings is 3. The van der Waals surface area contributed by atoms with Gasteiger partial charge in [0.05, 0.1) is 42.7 Å². The van der Waals surface area contributed by atoms with Gasteiger partial charge in [-0.05, 0) is 60.4 Å². The van der Waals surface area contributed by atoms with Crippen molar-refractivity contribution in [3.05, 3.63) is 120 Å². The number of hydrogen-bond donors (Lipinski definition) is 0. The summed E-state index contributed by atoms with van der Waals surface area (Å²) < 4.78 is 24.3. The van der Waals surface area contributed by atoms with Crippen LogP contribution in [-0.4, -0.2) is 31.4 Å². The molecule has 1 aromatic heterocycles. The number of carbonyl (C=O) groups excluding carboxylic acids is 1. The molecular weight excluding hydrogens is 552 g/mol. The van der Waals surface area contributed by atoms with Gasteiger partial charge < -0.3 is 18.9 Å². The van der Waals surface area contributed by atoms with Crippen molar-refractivity contribution < 1.29 is 23.7 Å². The Morgan fingerprint density at radius 1 is 1.00 bits per heavy atom. The maximum Gasteiger partial charge on any atom is 0.338 e. The normalized spacial score (nSPS) is 14.7. The van der Waals surface area contributed by atoms with Crippen molar-refractivity contribution in [2.45, 2.75) is 32.9 Å². The van der Waals surface area contributed by atoms with E-state index in [-0.39, 0.29) is 12.2 Å². The molecule has 3 aromatic carbocycles. The summed E-state index contributed by atoms with van der Waals surface area (Å²) in [6, 6.07) is 21.7. The molecular formula is C33H32N2O6S. The fraction of sp³-hybridized carbons (Fsp3) is 0.242. The van der Waals surface area contributed by atoms with E-state index < -0.39 is 12.0 Å². The molecule has 0 saturated heterocycles. The zero-order valence-corrected chi connectivity index (χ0v) is 24.8. The van der Waals surface area contributed by atoms with E-state index in [0.29, 0.717) is 38.7 Å². The molecule has 0 aliphatic carbocycles. The number of carbonyl (C=O) groups is 1. The van der Waals surface area contributed by atoms with E-state index >= 15 is 0 Å². The molecule has 0 spiro atoms. The van der Waals surface area contributed by atoms with Gasteiger partial charge in [0, 0.05) is 0 Å². The molecule has 9 heteroatoms. The zero-order valence-electron chi connectivity index (χ0n) is 24.0. The number of ether oxygens (including phenoxy) is 4. The van der Waals surface area contributed by atoms with Gasteiger partial charge in [0.15, 0.2) is 16.3 Å². The minimum Gasteiger partial charge on any atom is -0.494 e. The number of hydrogen-bond acceptors (Lipinski definition) is 8. The van der Waals surface area contributed by atoms with Crippen LogP contribution in [0.3, 0.4) is 0 Å². The van der Waals surface area contributed by atoms with Crippen LogP contribution in [0.25, 0.3) is 6.08 Å². The Kier molecular flexibility index (Phi) is 8.88. The lowest BCUT2D eigenvalue weighted by Crippen LogP contribution is -2.39. The Hall–Kier alpha value is -4.63. The van der Waals surface area contributed by atoms with Crippen LogP contribution in [0.4, 0.5) is 0 Å². The van der Waals surface area contributed by atoms with Crippen LogP contribution < -0.4 is 29.1 Å². The lowest BCUT2D eigenvalue weighted by Gasteiger charge is -2.25. The van der Waals surface area contributed by atoms with Crippen molar-refractivity contribution in [3.63, 3.8) is 0 Å². The van der Waals surface area contributed by atoms with E-state index in [4.69, 9.17) is 23.9 Å². The maximum atomic E-state index is 14.0. The SMILES string of the molecule is CCCOc1ccc(C2C(C(=O)OCc3ccccc3)=C(C)N=c3sc(=Cc4ccc(OC)c(OC)c4)c(=O)n32)cc1. The van der Waals surface area contributed by atoms with E-state index in [1.807, 2.05) is 67.6 Å². The highest BCUT2D eigenvalue weighted by Gasteiger charge is 2.33. The molecule has 1 unspecified atom stereocenters. The molecule has 4 aromatic rings. The van der Waals surface area contributed by atoms with Gasteiger partial charge in [-0.25, -0.2) is 9.79 Å². The van der Waals surface area contributed by atoms with Gasteiger partial charge in [-0.3, -0.25) is 9.36 Å². The standard InChI is InChI=1S/C33H32N2O6S/c1-5-17-40-25-14-12-24(13-15-25)30-29(32(37)41-20-22-9-7-6-8-10-22)21(2)34-33-35(30)31(36)28(42-33)19-23-11-16-26(38-3)27(18-23)39-4/h6-16,18-19,30H,5,17,20H2,1-4H3. The maximum absolute atomic E-state index is 14.0. The van der Waals surface area contributed by atoms with E-state index in [2.05, 4.69) is 0 Å². The monoisotopic (exact) mass is 584 g/mol. The second kappa shape index (κ2) is 12.9. The number of allylic oxidation sites excluding steroid dienone is 1. The Morgan fingerprint density at radius 2 is 1.74 bits per heavy atom. The van der Waals surface area contributed by atoms with E-state index in [9.17, 15) is 9.59 Å². The predicted molar refractivity (Wildman–Crippen MR) is 162 cm³/mol. The summed E-state index contributed by atoms with van der Waals surface area (Å²) in [5.41, 5.74) is 2.95. The first-order chi connectivity index (χ1) is 20.4. The van der Waals surface area contributed by atoms with Crippen LogP contribution in [0.15, 0.2) is 93.9 Å². The van der Waals surface area contributed by atoms with Crippen LogP contribution in [0.5, 0.6) is 17.2 Å². The van der Waals surface area contributed by atoms with Crippen molar-refractivity contribution >= 4 is 23.4 Å². The Bertz CT molecular complexity index is 1790. The molecule has 1 aliphatic rings. The second-order valence-corrected chi connectivity index (χ2v) is 10.7. The molecule has 0 N–H and O–H groups in total. The first-order valence-electron chi connectivity index (χ1n) is 13.6. The molecule has 0 saturated carbocycles. The molecule has 0 radical (unpaired) electrons. The van der Waals surface area contributed by atoms with Gasteiger partial charge in [-0.2, -0.15) is 0 Å². The first-order valence-corrected chi connectivity index (χ1v) is 14.4. The Labute approximate surface area is 247 Å². The molecule has 1 aliphatic heterocycles. The fourth-order valence-electron chi connectivity index (χ4n) is 4.76. The minimum atomic E-state index is -0.725. The highest BCUT2D eigenvalue weighted by Crippen LogP contribution is 2.32. The van der Waals surface area contributed by atoms with Gasteiger partial charge in [0.2, 0.25) is 0 Å². The lowest BCUT2D eigenvalue weighted by atomic mass is 9.96. The van der Waals surface area contributed by atoms with E-state index in [1.54, 1.807) is 43.9 Å². The Balaban J connectivity index is 1.59. The fourth-order valence-corrected chi connectivity index (χ4v) is 5.81. The van der Waals surface area contributed by atoms with Crippen LogP contribution in [0.1, 0.15) is 43.0 Å². The second-order valence-electron chi connectivity index (χ2n) is 9.68. The molecule has 42 heavy (non-hydrogen) atoms. The quantitative estimate of drug-likeness (QED) is 0.249. The third kappa shape index (κ3) is 6.01. The molecule has 216 valence electrons. The van der Waals surface area contributed by atoms with Crippen molar-refractivity contribution in [1.82, 2.24) is 4.57 Å². The summed E-state index contributed by atoms with van der Waals surface area (Å²) >= 11 is 1.27. The summed E-state index contributed by atoms with van der Waals surface area (Å²) in [6.07, 6.45) is 2.68. The molecule has 5 rings (SSSR count). The molecule has 1 atom stereocenters. The lowest BCUT2D eigenvalue weighted by molar-refractivity contribution is -0.140. The minimum absolute atomic E-state index is 0.108. The number of methoxy groups -OCH3 is 2.